The first-order chi connectivity index (χ1) is 14.9. The quantitative estimate of drug-likeness (QED) is 0.707. The molecule has 3 fully saturated rings. The van der Waals surface area contributed by atoms with Gasteiger partial charge in [0, 0.05) is 38.8 Å². The van der Waals surface area contributed by atoms with Crippen molar-refractivity contribution >= 4 is 10.2 Å². The number of morpholine rings is 1. The lowest BCUT2D eigenvalue weighted by molar-refractivity contribution is 0.0723. The van der Waals surface area contributed by atoms with E-state index < -0.39 is 10.2 Å². The first-order valence-electron chi connectivity index (χ1n) is 10.9. The summed E-state index contributed by atoms with van der Waals surface area (Å²) in [4.78, 5) is 7.00. The van der Waals surface area contributed by atoms with Crippen LogP contribution in [0.3, 0.4) is 0 Å². The number of hydrogen-bond acceptors (Lipinski definition) is 7. The van der Waals surface area contributed by atoms with E-state index in [9.17, 15) is 8.42 Å². The van der Waals surface area contributed by atoms with E-state index in [4.69, 9.17) is 9.26 Å². The van der Waals surface area contributed by atoms with Crippen LogP contribution in [0.2, 0.25) is 0 Å². The number of aromatic nitrogens is 2. The summed E-state index contributed by atoms with van der Waals surface area (Å²) in [5.41, 5.74) is 0.942. The summed E-state index contributed by atoms with van der Waals surface area (Å²) in [5, 5.41) is 4.03. The van der Waals surface area contributed by atoms with Gasteiger partial charge >= 0.3 is 0 Å². The molecule has 10 heteroatoms. The monoisotopic (exact) mass is 447 g/mol. The van der Waals surface area contributed by atoms with Crippen LogP contribution in [-0.4, -0.2) is 73.2 Å². The van der Waals surface area contributed by atoms with Crippen molar-refractivity contribution in [2.24, 2.45) is 5.92 Å². The topological polar surface area (TPSA) is 101 Å². The number of nitrogens with zero attached hydrogens (tertiary/aromatic N) is 4. The van der Waals surface area contributed by atoms with E-state index in [0.717, 1.165) is 26.1 Å². The molecule has 9 nitrogen and oxygen atoms in total. The lowest BCUT2D eigenvalue weighted by Gasteiger charge is -2.29. The molecule has 5 rings (SSSR count). The second-order valence-electron chi connectivity index (χ2n) is 8.93. The van der Waals surface area contributed by atoms with E-state index >= 15 is 0 Å². The van der Waals surface area contributed by atoms with Crippen molar-refractivity contribution in [3.8, 4) is 0 Å². The van der Waals surface area contributed by atoms with Gasteiger partial charge in [-0.05, 0) is 31.2 Å². The molecule has 3 atom stereocenters. The smallest absolute Gasteiger partial charge is 0.279 e. The normalized spacial score (nSPS) is 30.0. The number of ether oxygens (including phenoxy) is 1. The molecule has 1 aromatic carbocycles. The van der Waals surface area contributed by atoms with Crippen LogP contribution in [0.5, 0.6) is 0 Å². The average molecular weight is 448 g/mol. The molecule has 1 N–H and O–H groups in total. The zero-order valence-corrected chi connectivity index (χ0v) is 18.6. The number of hydrogen-bond donors (Lipinski definition) is 1. The van der Waals surface area contributed by atoms with E-state index in [2.05, 4.69) is 44.0 Å². The van der Waals surface area contributed by atoms with Crippen molar-refractivity contribution in [3.05, 3.63) is 47.6 Å². The third-order valence-electron chi connectivity index (χ3n) is 6.77. The summed E-state index contributed by atoms with van der Waals surface area (Å²) < 4.78 is 41.2. The third-order valence-corrected chi connectivity index (χ3v) is 8.45. The van der Waals surface area contributed by atoms with Crippen LogP contribution in [0, 0.1) is 12.8 Å². The van der Waals surface area contributed by atoms with E-state index in [-0.39, 0.29) is 17.4 Å². The maximum Gasteiger partial charge on any atom is 0.279 e. The Hall–Kier alpha value is -1.85. The predicted molar refractivity (Wildman–Crippen MR) is 113 cm³/mol. The molecular weight excluding hydrogens is 418 g/mol. The van der Waals surface area contributed by atoms with Crippen molar-refractivity contribution in [2.45, 2.75) is 37.8 Å². The molecule has 3 unspecified atom stereocenters. The lowest BCUT2D eigenvalue weighted by Crippen LogP contribution is -2.49. The van der Waals surface area contributed by atoms with Gasteiger partial charge in [0.15, 0.2) is 5.82 Å². The fourth-order valence-electron chi connectivity index (χ4n) is 5.43. The number of fused-ring (bicyclic) bond motifs is 1. The minimum Gasteiger partial charge on any atom is -0.379 e. The summed E-state index contributed by atoms with van der Waals surface area (Å²) in [6.07, 6.45) is 1.42. The molecule has 1 saturated carbocycles. The Balaban J connectivity index is 1.34. The first kappa shape index (κ1) is 21.0. The van der Waals surface area contributed by atoms with Crippen molar-refractivity contribution in [3.63, 3.8) is 0 Å². The predicted octanol–water partition coefficient (Wildman–Crippen LogP) is 1.08. The molecule has 1 aliphatic carbocycles. The summed E-state index contributed by atoms with van der Waals surface area (Å²) in [6.45, 7) is 6.01. The van der Waals surface area contributed by atoms with Gasteiger partial charge in [0.1, 0.15) is 0 Å². The molecule has 0 spiro atoms. The Morgan fingerprint density at radius 3 is 2.71 bits per heavy atom. The maximum absolute atomic E-state index is 12.9. The molecule has 2 saturated heterocycles. The van der Waals surface area contributed by atoms with Crippen molar-refractivity contribution in [1.29, 1.82) is 0 Å². The molecule has 2 aromatic rings. The van der Waals surface area contributed by atoms with Crippen molar-refractivity contribution in [1.82, 2.24) is 24.1 Å². The largest absolute Gasteiger partial charge is 0.379 e. The average Bonchev–Trinajstić information content (AvgIpc) is 3.42. The fraction of sp³-hybridized carbons (Fsp3) is 0.619. The highest BCUT2D eigenvalue weighted by molar-refractivity contribution is 7.87. The van der Waals surface area contributed by atoms with Crippen LogP contribution in [-0.2, 0) is 26.9 Å². The van der Waals surface area contributed by atoms with E-state index in [1.54, 1.807) is 0 Å². The van der Waals surface area contributed by atoms with Gasteiger partial charge in [-0.3, -0.25) is 4.90 Å². The molecule has 2 aliphatic heterocycles. The van der Waals surface area contributed by atoms with Gasteiger partial charge in [0.25, 0.3) is 10.2 Å². The van der Waals surface area contributed by atoms with Crippen LogP contribution >= 0.6 is 0 Å². The summed E-state index contributed by atoms with van der Waals surface area (Å²) in [7, 11) is -3.54. The van der Waals surface area contributed by atoms with Crippen LogP contribution in [0.4, 0.5) is 0 Å². The zero-order valence-electron chi connectivity index (χ0n) is 17.7. The molecule has 31 heavy (non-hydrogen) atoms. The van der Waals surface area contributed by atoms with Crippen LogP contribution in [0.1, 0.15) is 30.1 Å². The van der Waals surface area contributed by atoms with Gasteiger partial charge in [0.05, 0.1) is 18.6 Å². The zero-order chi connectivity index (χ0) is 21.5. The van der Waals surface area contributed by atoms with Gasteiger partial charge in [-0.25, -0.2) is 0 Å². The second kappa shape index (κ2) is 8.25. The summed E-state index contributed by atoms with van der Waals surface area (Å²) in [5.74, 6) is 1.51. The number of rotatable bonds is 6. The SMILES string of the molecule is Cc1noc(C23CC(NS(=O)(=O)N4CCOCC4)CC2CN(Cc2ccccc2)C3)n1. The third kappa shape index (κ3) is 4.14. The molecular formula is C21H29N5O4S. The van der Waals surface area contributed by atoms with Gasteiger partial charge < -0.3 is 9.26 Å². The summed E-state index contributed by atoms with van der Waals surface area (Å²) in [6, 6.07) is 10.3. The number of nitrogens with one attached hydrogen (secondary N) is 1. The minimum atomic E-state index is -3.54. The van der Waals surface area contributed by atoms with Gasteiger partial charge in [-0.2, -0.15) is 22.4 Å². The second-order valence-corrected chi connectivity index (χ2v) is 10.6. The van der Waals surface area contributed by atoms with Crippen molar-refractivity contribution < 1.29 is 17.7 Å². The Labute approximate surface area is 182 Å². The maximum atomic E-state index is 12.9. The highest BCUT2D eigenvalue weighted by Gasteiger charge is 2.57. The molecule has 168 valence electrons. The summed E-state index contributed by atoms with van der Waals surface area (Å²) >= 11 is 0. The number of likely N-dealkylation sites (tertiary alicyclic amines) is 1. The van der Waals surface area contributed by atoms with Crippen molar-refractivity contribution in [2.75, 3.05) is 39.4 Å². The first-order valence-corrected chi connectivity index (χ1v) is 12.3. The van der Waals surface area contributed by atoms with E-state index in [1.807, 2.05) is 13.0 Å². The lowest BCUT2D eigenvalue weighted by atomic mass is 9.80. The Bertz CT molecular complexity index is 1010. The highest BCUT2D eigenvalue weighted by Crippen LogP contribution is 2.50. The van der Waals surface area contributed by atoms with Crippen LogP contribution < -0.4 is 4.72 Å². The van der Waals surface area contributed by atoms with Gasteiger partial charge in [0.2, 0.25) is 5.89 Å². The standard InChI is InChI=1S/C21H29N5O4S/c1-16-22-20(30-23-16)21-12-19(24-31(27,28)26-7-9-29-10-8-26)11-18(21)14-25(15-21)13-17-5-3-2-4-6-17/h2-6,18-19,24H,7-15H2,1H3. The molecule has 0 radical (unpaired) electrons. The molecule has 1 aromatic heterocycles. The van der Waals surface area contributed by atoms with E-state index in [0.29, 0.717) is 44.4 Å². The highest BCUT2D eigenvalue weighted by atomic mass is 32.2. The number of aryl methyl sites for hydroxylation is 1. The molecule has 3 heterocycles. The van der Waals surface area contributed by atoms with Gasteiger partial charge in [-0.1, -0.05) is 35.5 Å². The van der Waals surface area contributed by atoms with Gasteiger partial charge in [-0.15, -0.1) is 0 Å². The van der Waals surface area contributed by atoms with Crippen LogP contribution in [0.15, 0.2) is 34.9 Å². The Morgan fingerprint density at radius 2 is 2.00 bits per heavy atom. The minimum absolute atomic E-state index is 0.149. The fourth-order valence-corrected chi connectivity index (χ4v) is 6.81. The molecule has 3 aliphatic rings. The molecule has 0 amide bonds. The molecule has 0 bridgehead atoms. The number of benzene rings is 1. The van der Waals surface area contributed by atoms with Crippen LogP contribution in [0.25, 0.3) is 0 Å². The Kier molecular flexibility index (Phi) is 5.59. The Morgan fingerprint density at radius 1 is 1.23 bits per heavy atom. The van der Waals surface area contributed by atoms with E-state index in [1.165, 1.54) is 9.87 Å².